The Hall–Kier alpha value is -5.18. The molecule has 0 aliphatic carbocycles. The number of hydrogen-bond donors (Lipinski definition) is 2. The average molecular weight is 538 g/mol. The number of benzene rings is 4. The SMILES string of the molecule is CC(NC(=O)c1ccc2c(c1)OCCN2Cc1ccc(-c2ccccc2C(=O)O)cc1)c1ccc([N+](=O)[O-])cc1. The summed E-state index contributed by atoms with van der Waals surface area (Å²) in [6.07, 6.45) is 0. The van der Waals surface area contributed by atoms with Gasteiger partial charge in [-0.05, 0) is 53.4 Å². The van der Waals surface area contributed by atoms with Crippen LogP contribution in [0.2, 0.25) is 0 Å². The number of nitrogens with zero attached hydrogens (tertiary/aromatic N) is 2. The maximum absolute atomic E-state index is 13.0. The molecular weight excluding hydrogens is 510 g/mol. The first-order chi connectivity index (χ1) is 19.3. The van der Waals surface area contributed by atoms with E-state index < -0.39 is 10.9 Å². The molecule has 1 heterocycles. The number of carbonyl (C=O) groups excluding carboxylic acids is 1. The first-order valence-electron chi connectivity index (χ1n) is 12.8. The topological polar surface area (TPSA) is 122 Å². The predicted octanol–water partition coefficient (Wildman–Crippen LogP) is 5.85. The molecule has 4 aromatic rings. The molecule has 202 valence electrons. The van der Waals surface area contributed by atoms with Gasteiger partial charge in [0.25, 0.3) is 11.6 Å². The molecule has 5 rings (SSSR count). The fourth-order valence-electron chi connectivity index (χ4n) is 4.76. The maximum atomic E-state index is 13.0. The molecule has 1 aliphatic rings. The number of non-ortho nitro benzene ring substituents is 1. The third-order valence-corrected chi connectivity index (χ3v) is 6.93. The lowest BCUT2D eigenvalue weighted by Gasteiger charge is -2.31. The number of amides is 1. The Morgan fingerprint density at radius 2 is 1.75 bits per heavy atom. The van der Waals surface area contributed by atoms with E-state index >= 15 is 0 Å². The summed E-state index contributed by atoms with van der Waals surface area (Å²) in [5.41, 5.74) is 4.93. The second kappa shape index (κ2) is 11.3. The monoisotopic (exact) mass is 537 g/mol. The summed E-state index contributed by atoms with van der Waals surface area (Å²) in [7, 11) is 0. The van der Waals surface area contributed by atoms with Gasteiger partial charge in [0.2, 0.25) is 0 Å². The van der Waals surface area contributed by atoms with Gasteiger partial charge >= 0.3 is 5.97 Å². The quantitative estimate of drug-likeness (QED) is 0.214. The molecule has 0 aromatic heterocycles. The number of hydrogen-bond acceptors (Lipinski definition) is 6. The largest absolute Gasteiger partial charge is 0.490 e. The fraction of sp³-hybridized carbons (Fsp3) is 0.161. The fourth-order valence-corrected chi connectivity index (χ4v) is 4.76. The molecule has 0 spiro atoms. The smallest absolute Gasteiger partial charge is 0.336 e. The lowest BCUT2D eigenvalue weighted by Crippen LogP contribution is -2.32. The second-order valence-corrected chi connectivity index (χ2v) is 9.54. The van der Waals surface area contributed by atoms with Crippen LogP contribution in [0.3, 0.4) is 0 Å². The van der Waals surface area contributed by atoms with Crippen molar-refractivity contribution in [2.45, 2.75) is 19.5 Å². The van der Waals surface area contributed by atoms with E-state index in [2.05, 4.69) is 10.2 Å². The number of rotatable bonds is 8. The molecule has 0 saturated heterocycles. The van der Waals surface area contributed by atoms with Crippen LogP contribution in [-0.4, -0.2) is 35.1 Å². The number of nitro benzene ring substituents is 1. The van der Waals surface area contributed by atoms with Crippen LogP contribution in [0.25, 0.3) is 11.1 Å². The first kappa shape index (κ1) is 26.4. The van der Waals surface area contributed by atoms with E-state index in [4.69, 9.17) is 4.74 Å². The number of ether oxygens (including phenoxy) is 1. The zero-order valence-electron chi connectivity index (χ0n) is 21.7. The molecule has 1 unspecified atom stereocenters. The van der Waals surface area contributed by atoms with Gasteiger partial charge in [-0.15, -0.1) is 0 Å². The van der Waals surface area contributed by atoms with Gasteiger partial charge in [0.1, 0.15) is 12.4 Å². The van der Waals surface area contributed by atoms with Gasteiger partial charge in [-0.2, -0.15) is 0 Å². The van der Waals surface area contributed by atoms with Crippen molar-refractivity contribution in [3.8, 4) is 16.9 Å². The summed E-state index contributed by atoms with van der Waals surface area (Å²) < 4.78 is 5.88. The molecule has 40 heavy (non-hydrogen) atoms. The minimum Gasteiger partial charge on any atom is -0.490 e. The number of aromatic carboxylic acids is 1. The Kier molecular flexibility index (Phi) is 7.46. The molecule has 0 fully saturated rings. The van der Waals surface area contributed by atoms with Crippen molar-refractivity contribution < 1.29 is 24.4 Å². The van der Waals surface area contributed by atoms with Crippen molar-refractivity contribution in [2.75, 3.05) is 18.1 Å². The summed E-state index contributed by atoms with van der Waals surface area (Å²) in [4.78, 5) is 37.2. The molecule has 4 aromatic carbocycles. The number of carboxylic acid groups (broad SMARTS) is 1. The van der Waals surface area contributed by atoms with Crippen LogP contribution < -0.4 is 15.0 Å². The van der Waals surface area contributed by atoms with Gasteiger partial charge in [0.05, 0.1) is 28.8 Å². The van der Waals surface area contributed by atoms with Crippen molar-refractivity contribution in [3.63, 3.8) is 0 Å². The highest BCUT2D eigenvalue weighted by Gasteiger charge is 2.21. The summed E-state index contributed by atoms with van der Waals surface area (Å²) in [5, 5.41) is 23.3. The standard InChI is InChI=1S/C31H27N3O6/c1-20(22-10-13-25(14-11-22)34(38)39)32-30(35)24-12-15-28-29(18-24)40-17-16-33(28)19-21-6-8-23(9-7-21)26-4-2-3-5-27(26)31(36)37/h2-15,18,20H,16-17,19H2,1H3,(H,32,35)(H,36,37). The van der Waals surface area contributed by atoms with E-state index in [0.29, 0.717) is 36.6 Å². The van der Waals surface area contributed by atoms with Gasteiger partial charge in [-0.1, -0.05) is 54.6 Å². The number of nitrogens with one attached hydrogen (secondary N) is 1. The zero-order chi connectivity index (χ0) is 28.2. The molecule has 1 aliphatic heterocycles. The molecule has 2 N–H and O–H groups in total. The molecule has 1 atom stereocenters. The Morgan fingerprint density at radius 1 is 1.02 bits per heavy atom. The summed E-state index contributed by atoms with van der Waals surface area (Å²) >= 11 is 0. The Bertz CT molecular complexity index is 1570. The average Bonchev–Trinajstić information content (AvgIpc) is 2.97. The van der Waals surface area contributed by atoms with E-state index in [0.717, 1.165) is 22.4 Å². The minimum atomic E-state index is -0.960. The lowest BCUT2D eigenvalue weighted by molar-refractivity contribution is -0.384. The van der Waals surface area contributed by atoms with Crippen LogP contribution >= 0.6 is 0 Å². The van der Waals surface area contributed by atoms with Gasteiger partial charge in [0, 0.05) is 24.2 Å². The molecular formula is C31H27N3O6. The maximum Gasteiger partial charge on any atom is 0.336 e. The van der Waals surface area contributed by atoms with E-state index in [-0.39, 0.29) is 23.2 Å². The normalized spacial score (nSPS) is 13.1. The predicted molar refractivity (Wildman–Crippen MR) is 151 cm³/mol. The van der Waals surface area contributed by atoms with Crippen molar-refractivity contribution in [1.82, 2.24) is 5.32 Å². The van der Waals surface area contributed by atoms with E-state index in [9.17, 15) is 24.8 Å². The molecule has 0 bridgehead atoms. The van der Waals surface area contributed by atoms with Gasteiger partial charge < -0.3 is 20.1 Å². The summed E-state index contributed by atoms with van der Waals surface area (Å²) in [6.45, 7) is 3.60. The third kappa shape index (κ3) is 5.63. The molecule has 9 nitrogen and oxygen atoms in total. The third-order valence-electron chi connectivity index (χ3n) is 6.93. The summed E-state index contributed by atoms with van der Waals surface area (Å²) in [6, 6.07) is 25.9. The lowest BCUT2D eigenvalue weighted by atomic mass is 9.98. The van der Waals surface area contributed by atoms with Crippen LogP contribution in [-0.2, 0) is 6.54 Å². The van der Waals surface area contributed by atoms with Gasteiger partial charge in [-0.25, -0.2) is 4.79 Å². The van der Waals surface area contributed by atoms with Crippen LogP contribution in [0, 0.1) is 10.1 Å². The molecule has 0 saturated carbocycles. The van der Waals surface area contributed by atoms with Gasteiger partial charge in [0.15, 0.2) is 0 Å². The van der Waals surface area contributed by atoms with Crippen molar-refractivity contribution >= 4 is 23.3 Å². The second-order valence-electron chi connectivity index (χ2n) is 9.54. The number of carbonyl (C=O) groups is 2. The van der Waals surface area contributed by atoms with Crippen LogP contribution in [0.5, 0.6) is 5.75 Å². The van der Waals surface area contributed by atoms with E-state index in [1.165, 1.54) is 12.1 Å². The van der Waals surface area contributed by atoms with Crippen molar-refractivity contribution in [2.24, 2.45) is 0 Å². The van der Waals surface area contributed by atoms with Crippen molar-refractivity contribution in [3.05, 3.63) is 123 Å². The van der Waals surface area contributed by atoms with Gasteiger partial charge in [-0.3, -0.25) is 14.9 Å². The summed E-state index contributed by atoms with van der Waals surface area (Å²) in [5.74, 6) is -0.612. The van der Waals surface area contributed by atoms with Crippen molar-refractivity contribution in [1.29, 1.82) is 0 Å². The van der Waals surface area contributed by atoms with Crippen LogP contribution in [0.15, 0.2) is 91.0 Å². The Balaban J connectivity index is 1.27. The highest BCUT2D eigenvalue weighted by Crippen LogP contribution is 2.34. The molecule has 9 heteroatoms. The highest BCUT2D eigenvalue weighted by molar-refractivity contribution is 5.96. The number of nitro groups is 1. The number of fused-ring (bicyclic) bond motifs is 1. The Morgan fingerprint density at radius 3 is 2.45 bits per heavy atom. The van der Waals surface area contributed by atoms with E-state index in [1.54, 1.807) is 42.5 Å². The minimum absolute atomic E-state index is 0.00173. The Labute approximate surface area is 230 Å². The highest BCUT2D eigenvalue weighted by atomic mass is 16.6. The number of carboxylic acids is 1. The molecule has 1 amide bonds. The van der Waals surface area contributed by atoms with Crippen LogP contribution in [0.4, 0.5) is 11.4 Å². The molecule has 0 radical (unpaired) electrons. The zero-order valence-corrected chi connectivity index (χ0v) is 21.7. The van der Waals surface area contributed by atoms with E-state index in [1.807, 2.05) is 43.3 Å². The first-order valence-corrected chi connectivity index (χ1v) is 12.8. The number of anilines is 1. The van der Waals surface area contributed by atoms with Crippen LogP contribution in [0.1, 0.15) is 44.8 Å².